The normalized spacial score (nSPS) is 11.2. The van der Waals surface area contributed by atoms with Gasteiger partial charge in [-0.05, 0) is 39.0 Å². The quantitative estimate of drug-likeness (QED) is 0.479. The average Bonchev–Trinajstić information content (AvgIpc) is 2.74. The number of benzene rings is 2. The molecule has 1 heterocycles. The molecule has 1 amide bonds. The van der Waals surface area contributed by atoms with E-state index < -0.39 is 5.91 Å². The lowest BCUT2D eigenvalue weighted by molar-refractivity contribution is 0.0949. The molecule has 3 rings (SSSR count). The molecule has 0 unspecified atom stereocenters. The summed E-state index contributed by atoms with van der Waals surface area (Å²) in [6, 6.07) is 12.3. The fourth-order valence-electron chi connectivity index (χ4n) is 2.99. The fourth-order valence-corrected chi connectivity index (χ4v) is 2.99. The number of nitrogens with zero attached hydrogens (tertiary/aromatic N) is 3. The number of carbonyl (C=O) groups is 1. The van der Waals surface area contributed by atoms with Crippen LogP contribution in [0.1, 0.15) is 36.8 Å². The van der Waals surface area contributed by atoms with Crippen molar-refractivity contribution >= 4 is 22.9 Å². The SMILES string of the molecule is CCn1nc(C(=O)N/N=C\c2cccc(OC)c2OC(C)C)c2ccccc2c1=O. The van der Waals surface area contributed by atoms with E-state index >= 15 is 0 Å². The van der Waals surface area contributed by atoms with E-state index in [1.807, 2.05) is 13.8 Å². The lowest BCUT2D eigenvalue weighted by Gasteiger charge is -2.15. The number of hydrogen-bond donors (Lipinski definition) is 1. The van der Waals surface area contributed by atoms with Crippen molar-refractivity contribution in [2.24, 2.45) is 5.10 Å². The van der Waals surface area contributed by atoms with E-state index in [4.69, 9.17) is 9.47 Å². The molecule has 0 fully saturated rings. The first-order valence-corrected chi connectivity index (χ1v) is 9.63. The van der Waals surface area contributed by atoms with E-state index in [0.29, 0.717) is 34.4 Å². The molecule has 156 valence electrons. The minimum Gasteiger partial charge on any atom is -0.493 e. The minimum atomic E-state index is -0.515. The van der Waals surface area contributed by atoms with Crippen LogP contribution in [0.15, 0.2) is 52.4 Å². The Kier molecular flexibility index (Phi) is 6.46. The Hall–Kier alpha value is -3.68. The van der Waals surface area contributed by atoms with Gasteiger partial charge in [-0.15, -0.1) is 0 Å². The highest BCUT2D eigenvalue weighted by atomic mass is 16.5. The molecule has 1 aromatic heterocycles. The Morgan fingerprint density at radius 3 is 2.60 bits per heavy atom. The zero-order valence-corrected chi connectivity index (χ0v) is 17.4. The van der Waals surface area contributed by atoms with Gasteiger partial charge in [0.05, 0.1) is 24.8 Å². The maximum Gasteiger partial charge on any atom is 0.292 e. The van der Waals surface area contributed by atoms with Crippen LogP contribution in [-0.4, -0.2) is 35.1 Å². The lowest BCUT2D eigenvalue weighted by atomic mass is 10.1. The van der Waals surface area contributed by atoms with E-state index in [1.165, 1.54) is 10.9 Å². The molecule has 0 bridgehead atoms. The predicted molar refractivity (Wildman–Crippen MR) is 115 cm³/mol. The second-order valence-corrected chi connectivity index (χ2v) is 6.76. The number of aromatic nitrogens is 2. The largest absolute Gasteiger partial charge is 0.493 e. The van der Waals surface area contributed by atoms with Crippen LogP contribution in [0.3, 0.4) is 0 Å². The van der Waals surface area contributed by atoms with Gasteiger partial charge in [0.1, 0.15) is 0 Å². The zero-order valence-electron chi connectivity index (χ0n) is 17.4. The molecular formula is C22H24N4O4. The Bertz CT molecular complexity index is 1150. The van der Waals surface area contributed by atoms with E-state index in [9.17, 15) is 9.59 Å². The Morgan fingerprint density at radius 1 is 1.20 bits per heavy atom. The molecular weight excluding hydrogens is 384 g/mol. The Balaban J connectivity index is 1.91. The molecule has 0 spiro atoms. The first kappa shape index (κ1) is 21.0. The average molecular weight is 408 g/mol. The van der Waals surface area contributed by atoms with Crippen molar-refractivity contribution in [2.45, 2.75) is 33.4 Å². The monoisotopic (exact) mass is 408 g/mol. The van der Waals surface area contributed by atoms with Crippen LogP contribution in [0.25, 0.3) is 10.8 Å². The molecule has 0 aliphatic carbocycles. The maximum absolute atomic E-state index is 12.8. The van der Waals surface area contributed by atoms with Gasteiger partial charge < -0.3 is 9.47 Å². The van der Waals surface area contributed by atoms with E-state index in [2.05, 4.69) is 15.6 Å². The topological polar surface area (TPSA) is 94.8 Å². The Morgan fingerprint density at radius 2 is 1.93 bits per heavy atom. The van der Waals surface area contributed by atoms with Gasteiger partial charge in [0, 0.05) is 17.5 Å². The summed E-state index contributed by atoms with van der Waals surface area (Å²) in [5.41, 5.74) is 3.03. The number of hydrazone groups is 1. The van der Waals surface area contributed by atoms with Crippen molar-refractivity contribution in [3.63, 3.8) is 0 Å². The van der Waals surface area contributed by atoms with E-state index in [-0.39, 0.29) is 17.4 Å². The third kappa shape index (κ3) is 4.32. The second kappa shape index (κ2) is 9.21. The number of hydrogen-bond acceptors (Lipinski definition) is 6. The highest BCUT2D eigenvalue weighted by Crippen LogP contribution is 2.30. The number of amides is 1. The minimum absolute atomic E-state index is 0.0614. The standard InChI is InChI=1S/C22H24N4O4/c1-5-26-22(28)17-11-7-6-10-16(17)19(25-26)21(27)24-23-13-15-9-8-12-18(29-4)20(15)30-14(2)3/h6-14H,5H2,1-4H3,(H,24,27)/b23-13-. The number of fused-ring (bicyclic) bond motifs is 1. The first-order chi connectivity index (χ1) is 14.5. The van der Waals surface area contributed by atoms with Gasteiger partial charge in [-0.25, -0.2) is 10.1 Å². The van der Waals surface area contributed by atoms with Crippen molar-refractivity contribution < 1.29 is 14.3 Å². The molecule has 8 heteroatoms. The third-order valence-electron chi connectivity index (χ3n) is 4.33. The van der Waals surface area contributed by atoms with Gasteiger partial charge in [0.25, 0.3) is 11.5 Å². The van der Waals surface area contributed by atoms with Crippen molar-refractivity contribution in [3.05, 3.63) is 64.1 Å². The van der Waals surface area contributed by atoms with Gasteiger partial charge in [0.15, 0.2) is 17.2 Å². The summed E-state index contributed by atoms with van der Waals surface area (Å²) in [5.74, 6) is 0.594. The molecule has 0 atom stereocenters. The number of nitrogens with one attached hydrogen (secondary N) is 1. The maximum atomic E-state index is 12.8. The molecule has 0 aliphatic rings. The predicted octanol–water partition coefficient (Wildman–Crippen LogP) is 2.98. The number of ether oxygens (including phenoxy) is 2. The molecule has 2 aromatic carbocycles. The smallest absolute Gasteiger partial charge is 0.292 e. The first-order valence-electron chi connectivity index (χ1n) is 9.63. The lowest BCUT2D eigenvalue weighted by Crippen LogP contribution is -2.28. The number of para-hydroxylation sites is 1. The van der Waals surface area contributed by atoms with Gasteiger partial charge in [-0.2, -0.15) is 10.2 Å². The van der Waals surface area contributed by atoms with Gasteiger partial charge >= 0.3 is 0 Å². The van der Waals surface area contributed by atoms with Crippen LogP contribution in [0, 0.1) is 0 Å². The van der Waals surface area contributed by atoms with Crippen molar-refractivity contribution in [2.75, 3.05) is 7.11 Å². The summed E-state index contributed by atoms with van der Waals surface area (Å²) >= 11 is 0. The van der Waals surface area contributed by atoms with Gasteiger partial charge in [-0.1, -0.05) is 24.3 Å². The van der Waals surface area contributed by atoms with Crippen LogP contribution in [0.2, 0.25) is 0 Å². The number of rotatable bonds is 7. The summed E-state index contributed by atoms with van der Waals surface area (Å²) < 4.78 is 12.4. The molecule has 8 nitrogen and oxygen atoms in total. The Labute approximate surface area is 174 Å². The summed E-state index contributed by atoms with van der Waals surface area (Å²) in [5, 5.41) is 9.17. The molecule has 0 radical (unpaired) electrons. The number of aryl methyl sites for hydroxylation is 1. The molecule has 3 aromatic rings. The molecule has 1 N–H and O–H groups in total. The van der Waals surface area contributed by atoms with Crippen LogP contribution >= 0.6 is 0 Å². The summed E-state index contributed by atoms with van der Waals surface area (Å²) in [4.78, 5) is 25.2. The summed E-state index contributed by atoms with van der Waals surface area (Å²) in [6.45, 7) is 5.97. The summed E-state index contributed by atoms with van der Waals surface area (Å²) in [6.07, 6.45) is 1.42. The van der Waals surface area contributed by atoms with E-state index in [0.717, 1.165) is 0 Å². The van der Waals surface area contributed by atoms with Crippen LogP contribution in [0.5, 0.6) is 11.5 Å². The van der Waals surface area contributed by atoms with Crippen molar-refractivity contribution in [3.8, 4) is 11.5 Å². The number of methoxy groups -OCH3 is 1. The van der Waals surface area contributed by atoms with Crippen molar-refractivity contribution in [1.82, 2.24) is 15.2 Å². The van der Waals surface area contributed by atoms with Crippen LogP contribution in [0.4, 0.5) is 0 Å². The third-order valence-corrected chi connectivity index (χ3v) is 4.33. The van der Waals surface area contributed by atoms with Gasteiger partial charge in [-0.3, -0.25) is 9.59 Å². The van der Waals surface area contributed by atoms with Crippen LogP contribution in [-0.2, 0) is 6.54 Å². The summed E-state index contributed by atoms with van der Waals surface area (Å²) in [7, 11) is 1.56. The zero-order chi connectivity index (χ0) is 21.7. The highest BCUT2D eigenvalue weighted by molar-refractivity contribution is 6.05. The second-order valence-electron chi connectivity index (χ2n) is 6.76. The fraction of sp³-hybridized carbons (Fsp3) is 0.273. The molecule has 30 heavy (non-hydrogen) atoms. The molecule has 0 aliphatic heterocycles. The molecule has 0 saturated heterocycles. The van der Waals surface area contributed by atoms with E-state index in [1.54, 1.807) is 56.5 Å². The van der Waals surface area contributed by atoms with Crippen LogP contribution < -0.4 is 20.5 Å². The highest BCUT2D eigenvalue weighted by Gasteiger charge is 2.16. The molecule has 0 saturated carbocycles. The van der Waals surface area contributed by atoms with Gasteiger partial charge in [0.2, 0.25) is 0 Å². The van der Waals surface area contributed by atoms with Crippen molar-refractivity contribution in [1.29, 1.82) is 0 Å². The number of carbonyl (C=O) groups excluding carboxylic acids is 1.